The van der Waals surface area contributed by atoms with Crippen LogP contribution in [0.4, 0.5) is 0 Å². The molecule has 1 aliphatic rings. The smallest absolute Gasteiger partial charge is 0.0927 e. The maximum Gasteiger partial charge on any atom is 0.0927 e. The van der Waals surface area contributed by atoms with Gasteiger partial charge in [-0.2, -0.15) is 5.10 Å². The van der Waals surface area contributed by atoms with Crippen LogP contribution in [0.3, 0.4) is 0 Å². The molecule has 0 heterocycles. The monoisotopic (exact) mass is 162 g/mol. The quantitative estimate of drug-likeness (QED) is 0.586. The molecule has 0 aromatic rings. The first-order valence-electron chi connectivity index (χ1n) is 4.06. The van der Waals surface area contributed by atoms with E-state index in [0.29, 0.717) is 0 Å². The second-order valence-corrected chi connectivity index (χ2v) is 2.64. The highest BCUT2D eigenvalue weighted by molar-refractivity contribution is 6.14. The van der Waals surface area contributed by atoms with Crippen molar-refractivity contribution in [2.75, 3.05) is 7.05 Å². The molecule has 2 nitrogen and oxygen atoms in total. The average molecular weight is 162 g/mol. The first-order chi connectivity index (χ1) is 5.79. The van der Waals surface area contributed by atoms with Gasteiger partial charge in [-0.05, 0) is 25.0 Å². The van der Waals surface area contributed by atoms with Gasteiger partial charge in [-0.3, -0.25) is 0 Å². The molecule has 0 atom stereocenters. The van der Waals surface area contributed by atoms with Crippen molar-refractivity contribution in [1.82, 2.24) is 5.43 Å². The SMILES string of the molecule is C/C=C1/C=CC=C(C)/C1=N/NC. The molecule has 0 spiro atoms. The van der Waals surface area contributed by atoms with Crippen LogP contribution in [-0.2, 0) is 0 Å². The molecule has 0 aromatic heterocycles. The molecule has 12 heavy (non-hydrogen) atoms. The van der Waals surface area contributed by atoms with E-state index in [2.05, 4.69) is 35.7 Å². The molecular formula is C10H14N2. The maximum absolute atomic E-state index is 4.20. The predicted molar refractivity (Wildman–Crippen MR) is 53.1 cm³/mol. The molecule has 1 rings (SSSR count). The molecule has 0 aliphatic heterocycles. The van der Waals surface area contributed by atoms with E-state index in [0.717, 1.165) is 5.71 Å². The molecule has 0 saturated heterocycles. The Morgan fingerprint density at radius 1 is 1.50 bits per heavy atom. The van der Waals surface area contributed by atoms with Gasteiger partial charge in [0.05, 0.1) is 5.71 Å². The highest BCUT2D eigenvalue weighted by atomic mass is 15.3. The lowest BCUT2D eigenvalue weighted by Crippen LogP contribution is -2.10. The van der Waals surface area contributed by atoms with Crippen molar-refractivity contribution < 1.29 is 0 Å². The Bertz CT molecular complexity index is 280. The fourth-order valence-electron chi connectivity index (χ4n) is 1.18. The second kappa shape index (κ2) is 3.90. The molecule has 1 N–H and O–H groups in total. The zero-order valence-corrected chi connectivity index (χ0v) is 7.76. The van der Waals surface area contributed by atoms with Crippen molar-refractivity contribution in [3.63, 3.8) is 0 Å². The minimum atomic E-state index is 1.03. The topological polar surface area (TPSA) is 24.4 Å². The number of rotatable bonds is 1. The Morgan fingerprint density at radius 3 is 2.83 bits per heavy atom. The molecule has 2 heteroatoms. The van der Waals surface area contributed by atoms with E-state index in [-0.39, 0.29) is 0 Å². The van der Waals surface area contributed by atoms with Crippen LogP contribution in [0.2, 0.25) is 0 Å². The van der Waals surface area contributed by atoms with Gasteiger partial charge in [-0.1, -0.05) is 24.3 Å². The van der Waals surface area contributed by atoms with Crippen LogP contribution in [0, 0.1) is 0 Å². The zero-order chi connectivity index (χ0) is 8.97. The van der Waals surface area contributed by atoms with Crippen LogP contribution in [0.1, 0.15) is 13.8 Å². The van der Waals surface area contributed by atoms with Gasteiger partial charge in [0.2, 0.25) is 0 Å². The van der Waals surface area contributed by atoms with E-state index in [1.165, 1.54) is 11.1 Å². The summed E-state index contributed by atoms with van der Waals surface area (Å²) < 4.78 is 0. The number of allylic oxidation sites excluding steroid dienone is 6. The summed E-state index contributed by atoms with van der Waals surface area (Å²) in [7, 11) is 1.81. The largest absolute Gasteiger partial charge is 0.313 e. The molecule has 1 aliphatic carbocycles. The van der Waals surface area contributed by atoms with Crippen LogP contribution < -0.4 is 5.43 Å². The van der Waals surface area contributed by atoms with Gasteiger partial charge in [0.15, 0.2) is 0 Å². The molecule has 0 unspecified atom stereocenters. The Kier molecular flexibility index (Phi) is 2.86. The minimum Gasteiger partial charge on any atom is -0.313 e. The standard InChI is InChI=1S/C10H14N2/c1-4-9-7-5-6-8(2)10(9)12-11-3/h4-7,11H,1-3H3/b9-4-,12-10-. The van der Waals surface area contributed by atoms with Gasteiger partial charge < -0.3 is 5.43 Å². The van der Waals surface area contributed by atoms with E-state index < -0.39 is 0 Å². The van der Waals surface area contributed by atoms with Gasteiger partial charge in [0.25, 0.3) is 0 Å². The van der Waals surface area contributed by atoms with E-state index in [1.807, 2.05) is 20.0 Å². The van der Waals surface area contributed by atoms with Gasteiger partial charge in [0, 0.05) is 7.05 Å². The Morgan fingerprint density at radius 2 is 2.25 bits per heavy atom. The van der Waals surface area contributed by atoms with Gasteiger partial charge >= 0.3 is 0 Å². The van der Waals surface area contributed by atoms with Crippen LogP contribution in [0.5, 0.6) is 0 Å². The van der Waals surface area contributed by atoms with Crippen LogP contribution in [0.15, 0.2) is 40.6 Å². The summed E-state index contributed by atoms with van der Waals surface area (Å²) in [4.78, 5) is 0. The molecular weight excluding hydrogens is 148 g/mol. The number of nitrogens with one attached hydrogen (secondary N) is 1. The Hall–Kier alpha value is -1.31. The number of hydrazone groups is 1. The van der Waals surface area contributed by atoms with Crippen molar-refractivity contribution in [1.29, 1.82) is 0 Å². The minimum absolute atomic E-state index is 1.03. The molecule has 64 valence electrons. The molecule has 0 bridgehead atoms. The summed E-state index contributed by atoms with van der Waals surface area (Å²) in [6.45, 7) is 4.08. The van der Waals surface area contributed by atoms with Crippen molar-refractivity contribution in [3.05, 3.63) is 35.5 Å². The lowest BCUT2D eigenvalue weighted by molar-refractivity contribution is 0.900. The Balaban J connectivity index is 3.03. The van der Waals surface area contributed by atoms with E-state index in [9.17, 15) is 0 Å². The Labute approximate surface area is 73.4 Å². The van der Waals surface area contributed by atoms with Crippen molar-refractivity contribution in [3.8, 4) is 0 Å². The first-order valence-corrected chi connectivity index (χ1v) is 4.06. The summed E-state index contributed by atoms with van der Waals surface area (Å²) >= 11 is 0. The van der Waals surface area contributed by atoms with Gasteiger partial charge in [-0.25, -0.2) is 0 Å². The highest BCUT2D eigenvalue weighted by Gasteiger charge is 2.08. The lowest BCUT2D eigenvalue weighted by atomic mass is 9.99. The number of nitrogens with zero attached hydrogens (tertiary/aromatic N) is 1. The third-order valence-corrected chi connectivity index (χ3v) is 1.80. The van der Waals surface area contributed by atoms with Gasteiger partial charge in [0.1, 0.15) is 0 Å². The number of hydrogen-bond donors (Lipinski definition) is 1. The fraction of sp³-hybridized carbons (Fsp3) is 0.300. The number of hydrogen-bond acceptors (Lipinski definition) is 2. The molecule has 0 radical (unpaired) electrons. The average Bonchev–Trinajstić information content (AvgIpc) is 2.09. The first kappa shape index (κ1) is 8.78. The van der Waals surface area contributed by atoms with Crippen LogP contribution in [0.25, 0.3) is 0 Å². The zero-order valence-electron chi connectivity index (χ0n) is 7.76. The van der Waals surface area contributed by atoms with E-state index >= 15 is 0 Å². The summed E-state index contributed by atoms with van der Waals surface area (Å²) in [6, 6.07) is 0. The van der Waals surface area contributed by atoms with Crippen molar-refractivity contribution >= 4 is 5.71 Å². The van der Waals surface area contributed by atoms with Crippen LogP contribution >= 0.6 is 0 Å². The molecule has 0 saturated carbocycles. The third kappa shape index (κ3) is 1.64. The summed E-state index contributed by atoms with van der Waals surface area (Å²) in [5.74, 6) is 0. The normalized spacial score (nSPS) is 23.1. The summed E-state index contributed by atoms with van der Waals surface area (Å²) in [6.07, 6.45) is 8.22. The fourth-order valence-corrected chi connectivity index (χ4v) is 1.18. The van der Waals surface area contributed by atoms with Crippen molar-refractivity contribution in [2.45, 2.75) is 13.8 Å². The second-order valence-electron chi connectivity index (χ2n) is 2.64. The van der Waals surface area contributed by atoms with Gasteiger partial charge in [-0.15, -0.1) is 0 Å². The predicted octanol–water partition coefficient (Wildman–Crippen LogP) is 2.02. The van der Waals surface area contributed by atoms with E-state index in [4.69, 9.17) is 0 Å². The maximum atomic E-state index is 4.20. The highest BCUT2D eigenvalue weighted by Crippen LogP contribution is 2.14. The molecule has 0 fully saturated rings. The van der Waals surface area contributed by atoms with E-state index in [1.54, 1.807) is 0 Å². The van der Waals surface area contributed by atoms with Crippen LogP contribution in [-0.4, -0.2) is 12.8 Å². The summed E-state index contributed by atoms with van der Waals surface area (Å²) in [5, 5.41) is 4.20. The van der Waals surface area contributed by atoms with Crippen molar-refractivity contribution in [2.24, 2.45) is 5.10 Å². The summed E-state index contributed by atoms with van der Waals surface area (Å²) in [5.41, 5.74) is 6.20. The lowest BCUT2D eigenvalue weighted by Gasteiger charge is -2.10. The molecule has 0 amide bonds. The third-order valence-electron chi connectivity index (χ3n) is 1.80. The molecule has 0 aromatic carbocycles.